The van der Waals surface area contributed by atoms with Crippen LogP contribution < -0.4 is 9.47 Å². The summed E-state index contributed by atoms with van der Waals surface area (Å²) < 4.78 is 31.6. The third-order valence-electron chi connectivity index (χ3n) is 3.11. The molecule has 0 saturated heterocycles. The zero-order valence-corrected chi connectivity index (χ0v) is 15.9. The maximum absolute atomic E-state index is 11.4. The van der Waals surface area contributed by atoms with Crippen molar-refractivity contribution in [3.05, 3.63) is 23.8 Å². The lowest BCUT2D eigenvalue weighted by molar-refractivity contribution is -0.148. The molecule has 0 fully saturated rings. The third kappa shape index (κ3) is 5.46. The van der Waals surface area contributed by atoms with E-state index in [4.69, 9.17) is 27.5 Å². The molecule has 0 spiro atoms. The Morgan fingerprint density at radius 1 is 1.08 bits per heavy atom. The monoisotopic (exact) mass is 384 g/mol. The van der Waals surface area contributed by atoms with Crippen LogP contribution in [0.1, 0.15) is 33.3 Å². The lowest BCUT2D eigenvalue weighted by atomic mass is 10.2. The summed E-state index contributed by atoms with van der Waals surface area (Å²) in [5.74, 6) is -1.23. The lowest BCUT2D eigenvalue weighted by Gasteiger charge is -2.26. The topological polar surface area (TPSA) is 107 Å². The maximum Gasteiger partial charge on any atom is 0.745 e. The van der Waals surface area contributed by atoms with Gasteiger partial charge in [0, 0.05) is 26.3 Å². The summed E-state index contributed by atoms with van der Waals surface area (Å²) in [6.07, 6.45) is -0.756. The number of carbonyl (C=O) groups excluding carboxylic acids is 3. The van der Waals surface area contributed by atoms with Crippen LogP contribution in [0.4, 0.5) is 0 Å². The van der Waals surface area contributed by atoms with Gasteiger partial charge in [-0.3, -0.25) is 14.4 Å². The number of hydrogen-bond acceptors (Lipinski definition) is 9. The molecule has 0 bridgehead atoms. The minimum atomic E-state index is -4.05. The van der Waals surface area contributed by atoms with Crippen molar-refractivity contribution in [3.8, 4) is 11.5 Å². The summed E-state index contributed by atoms with van der Waals surface area (Å²) in [6, 6.07) is 5.01. The first-order valence-corrected chi connectivity index (χ1v) is 9.75. The van der Waals surface area contributed by atoms with E-state index >= 15 is 0 Å². The van der Waals surface area contributed by atoms with E-state index in [-0.39, 0.29) is 6.29 Å². The highest BCUT2D eigenvalue weighted by atomic mass is 28.4. The predicted molar refractivity (Wildman–Crippen MR) is 87.9 cm³/mol. The summed E-state index contributed by atoms with van der Waals surface area (Å²) >= 11 is 0. The van der Waals surface area contributed by atoms with Crippen molar-refractivity contribution in [1.29, 1.82) is 0 Å². The first-order valence-electron chi connectivity index (χ1n) is 7.82. The standard InChI is InChI=1S/C16H20O9Si/c1-10(17)23-26(24-11(2)18,25-12(3)19)9-21-15-5-6-16-14(7-15)8-20-13(4)22-16/h5-7,13H,8-9H2,1-4H3. The number of hydrogen-bond donors (Lipinski definition) is 0. The van der Waals surface area contributed by atoms with Gasteiger partial charge in [0.15, 0.2) is 12.5 Å². The minimum Gasteiger partial charge on any atom is -0.485 e. The van der Waals surface area contributed by atoms with E-state index < -0.39 is 32.9 Å². The molecule has 10 heteroatoms. The van der Waals surface area contributed by atoms with Crippen LogP contribution in [-0.2, 0) is 39.0 Å². The van der Waals surface area contributed by atoms with Gasteiger partial charge in [-0.05, 0) is 25.1 Å². The van der Waals surface area contributed by atoms with E-state index in [1.807, 2.05) is 0 Å². The van der Waals surface area contributed by atoms with Gasteiger partial charge in [-0.25, -0.2) is 0 Å². The Morgan fingerprint density at radius 2 is 1.65 bits per heavy atom. The maximum atomic E-state index is 11.4. The number of rotatable bonds is 6. The molecule has 142 valence electrons. The van der Waals surface area contributed by atoms with Gasteiger partial charge in [-0.1, -0.05) is 0 Å². The van der Waals surface area contributed by atoms with E-state index in [0.29, 0.717) is 18.1 Å². The molecule has 0 aromatic heterocycles. The van der Waals surface area contributed by atoms with Crippen molar-refractivity contribution in [2.24, 2.45) is 0 Å². The number of ether oxygens (including phenoxy) is 3. The molecule has 1 atom stereocenters. The normalized spacial score (nSPS) is 15.9. The van der Waals surface area contributed by atoms with Crippen LogP contribution in [0.5, 0.6) is 11.5 Å². The molecule has 1 aliphatic heterocycles. The summed E-state index contributed by atoms with van der Waals surface area (Å²) in [6.45, 7) is 5.47. The van der Waals surface area contributed by atoms with Crippen LogP contribution in [0.3, 0.4) is 0 Å². The zero-order chi connectivity index (χ0) is 19.3. The Labute approximate surface area is 151 Å². The van der Waals surface area contributed by atoms with Gasteiger partial charge in [-0.2, -0.15) is 0 Å². The Balaban J connectivity index is 2.18. The molecule has 0 amide bonds. The highest BCUT2D eigenvalue weighted by Gasteiger charge is 2.53. The molecule has 1 heterocycles. The van der Waals surface area contributed by atoms with E-state index in [2.05, 4.69) is 0 Å². The second-order valence-corrected chi connectivity index (χ2v) is 7.79. The fraction of sp³-hybridized carbons (Fsp3) is 0.438. The molecule has 1 unspecified atom stereocenters. The van der Waals surface area contributed by atoms with E-state index in [1.165, 1.54) is 0 Å². The number of fused-ring (bicyclic) bond motifs is 1. The van der Waals surface area contributed by atoms with Crippen LogP contribution in [0.15, 0.2) is 18.2 Å². The molecular weight excluding hydrogens is 364 g/mol. The van der Waals surface area contributed by atoms with Gasteiger partial charge in [-0.15, -0.1) is 0 Å². The Bertz CT molecular complexity index is 662. The largest absolute Gasteiger partial charge is 0.745 e. The molecule has 0 aliphatic carbocycles. The van der Waals surface area contributed by atoms with E-state index in [1.54, 1.807) is 25.1 Å². The van der Waals surface area contributed by atoms with E-state index in [9.17, 15) is 14.4 Å². The lowest BCUT2D eigenvalue weighted by Crippen LogP contribution is -2.54. The molecule has 1 aromatic carbocycles. The second-order valence-electron chi connectivity index (χ2n) is 5.52. The van der Waals surface area contributed by atoms with Gasteiger partial charge >= 0.3 is 8.80 Å². The molecule has 0 saturated carbocycles. The predicted octanol–water partition coefficient (Wildman–Crippen LogP) is 1.49. The molecular formula is C16H20O9Si. The van der Waals surface area contributed by atoms with Crippen molar-refractivity contribution < 1.29 is 41.9 Å². The van der Waals surface area contributed by atoms with Crippen molar-refractivity contribution in [3.63, 3.8) is 0 Å². The summed E-state index contributed by atoms with van der Waals surface area (Å²) in [7, 11) is -4.05. The number of carbonyl (C=O) groups is 3. The Kier molecular flexibility index (Phi) is 6.21. The fourth-order valence-electron chi connectivity index (χ4n) is 2.27. The van der Waals surface area contributed by atoms with Crippen molar-refractivity contribution in [2.45, 2.75) is 40.6 Å². The molecule has 2 rings (SSSR count). The van der Waals surface area contributed by atoms with Crippen LogP contribution >= 0.6 is 0 Å². The quantitative estimate of drug-likeness (QED) is 0.674. The van der Waals surface area contributed by atoms with Gasteiger partial charge in [0.1, 0.15) is 11.5 Å². The molecule has 26 heavy (non-hydrogen) atoms. The number of benzene rings is 1. The highest BCUT2D eigenvalue weighted by molar-refractivity contribution is 6.65. The second kappa shape index (κ2) is 8.19. The minimum absolute atomic E-state index is 0.341. The Hall–Kier alpha value is -2.59. The van der Waals surface area contributed by atoms with Crippen molar-refractivity contribution in [2.75, 3.05) is 6.23 Å². The molecule has 1 aliphatic rings. The zero-order valence-electron chi connectivity index (χ0n) is 14.9. The van der Waals surface area contributed by atoms with Gasteiger partial charge < -0.3 is 27.5 Å². The molecule has 9 nitrogen and oxygen atoms in total. The summed E-state index contributed by atoms with van der Waals surface area (Å²) in [5.41, 5.74) is 0.764. The summed E-state index contributed by atoms with van der Waals surface area (Å²) in [5, 5.41) is 0. The molecule has 0 N–H and O–H groups in total. The van der Waals surface area contributed by atoms with Crippen molar-refractivity contribution >= 4 is 26.7 Å². The molecule has 1 aromatic rings. The van der Waals surface area contributed by atoms with Gasteiger partial charge in [0.05, 0.1) is 6.61 Å². The van der Waals surface area contributed by atoms with Crippen LogP contribution in [0.2, 0.25) is 0 Å². The van der Waals surface area contributed by atoms with Crippen LogP contribution in [-0.4, -0.2) is 39.2 Å². The highest BCUT2D eigenvalue weighted by Crippen LogP contribution is 2.30. The smallest absolute Gasteiger partial charge is 0.485 e. The van der Waals surface area contributed by atoms with Gasteiger partial charge in [0.25, 0.3) is 17.9 Å². The average Bonchev–Trinajstić information content (AvgIpc) is 2.50. The molecule has 0 radical (unpaired) electrons. The van der Waals surface area contributed by atoms with E-state index in [0.717, 1.165) is 26.3 Å². The van der Waals surface area contributed by atoms with Crippen LogP contribution in [0, 0.1) is 0 Å². The van der Waals surface area contributed by atoms with Crippen molar-refractivity contribution in [1.82, 2.24) is 0 Å². The van der Waals surface area contributed by atoms with Gasteiger partial charge in [0.2, 0.25) is 0 Å². The third-order valence-corrected chi connectivity index (χ3v) is 5.41. The van der Waals surface area contributed by atoms with Crippen LogP contribution in [0.25, 0.3) is 0 Å². The first kappa shape index (κ1) is 19.7. The Morgan fingerprint density at radius 3 is 2.19 bits per heavy atom. The first-order chi connectivity index (χ1) is 12.2. The average molecular weight is 384 g/mol. The SMILES string of the molecule is CC(=O)O[Si](COc1ccc2c(c1)COC(C)O2)(OC(C)=O)OC(C)=O. The fourth-order valence-corrected chi connectivity index (χ4v) is 4.23. The summed E-state index contributed by atoms with van der Waals surface area (Å²) in [4.78, 5) is 34.2.